The third-order valence-corrected chi connectivity index (χ3v) is 5.13. The highest BCUT2D eigenvalue weighted by Crippen LogP contribution is 2.23. The van der Waals surface area contributed by atoms with Crippen molar-refractivity contribution in [3.8, 4) is 0 Å². The molecule has 4 nitrogen and oxygen atoms in total. The minimum Gasteiger partial charge on any atom is -0.298 e. The molecule has 0 N–H and O–H groups in total. The van der Waals surface area contributed by atoms with Gasteiger partial charge in [0.25, 0.3) is 0 Å². The molecule has 0 aromatic carbocycles. The third-order valence-electron chi connectivity index (χ3n) is 2.85. The Balaban J connectivity index is 2.95. The van der Waals surface area contributed by atoms with E-state index >= 15 is 0 Å². The van der Waals surface area contributed by atoms with Crippen LogP contribution in [0, 0.1) is 0 Å². The minimum atomic E-state index is -3.28. The number of carbonyl (C=O) groups is 1. The van der Waals surface area contributed by atoms with E-state index in [0.29, 0.717) is 13.0 Å². The summed E-state index contributed by atoms with van der Waals surface area (Å²) in [6.45, 7) is 5.27. The fourth-order valence-corrected chi connectivity index (χ4v) is 3.42. The number of hydrogen-bond acceptors (Lipinski definition) is 3. The van der Waals surface area contributed by atoms with Gasteiger partial charge in [-0.05, 0) is 33.6 Å². The van der Waals surface area contributed by atoms with Gasteiger partial charge in [-0.2, -0.15) is 4.31 Å². The molecule has 1 unspecified atom stereocenters. The van der Waals surface area contributed by atoms with E-state index in [1.807, 2.05) is 0 Å². The predicted octanol–water partition coefficient (Wildman–Crippen LogP) is 1.17. The van der Waals surface area contributed by atoms with Crippen molar-refractivity contribution in [3.63, 3.8) is 0 Å². The Labute approximate surface area is 91.7 Å². The Kier molecular flexibility index (Phi) is 3.89. The summed E-state index contributed by atoms with van der Waals surface area (Å²) in [7, 11) is -3.28. The fourth-order valence-electron chi connectivity index (χ4n) is 1.89. The molecule has 15 heavy (non-hydrogen) atoms. The second-order valence-electron chi connectivity index (χ2n) is 4.33. The molecule has 5 heteroatoms. The average Bonchev–Trinajstić information content (AvgIpc) is 2.17. The smallest absolute Gasteiger partial charge is 0.217 e. The Bertz CT molecular complexity index is 335. The van der Waals surface area contributed by atoms with Crippen LogP contribution in [0.1, 0.15) is 40.0 Å². The van der Waals surface area contributed by atoms with E-state index in [9.17, 15) is 13.2 Å². The van der Waals surface area contributed by atoms with Crippen LogP contribution in [-0.2, 0) is 14.8 Å². The molecule has 0 aliphatic carbocycles. The largest absolute Gasteiger partial charge is 0.298 e. The normalized spacial score (nSPS) is 24.4. The summed E-state index contributed by atoms with van der Waals surface area (Å²) < 4.78 is 25.3. The van der Waals surface area contributed by atoms with Gasteiger partial charge in [0, 0.05) is 6.54 Å². The molecular formula is C10H19NO3S. The zero-order valence-corrected chi connectivity index (χ0v) is 10.4. The summed E-state index contributed by atoms with van der Waals surface area (Å²) >= 11 is 0. The highest BCUT2D eigenvalue weighted by molar-refractivity contribution is 7.89. The highest BCUT2D eigenvalue weighted by Gasteiger charge is 2.36. The summed E-state index contributed by atoms with van der Waals surface area (Å²) in [5, 5.41) is -0.447. The summed E-state index contributed by atoms with van der Waals surface area (Å²) in [6, 6.07) is -0.425. The van der Waals surface area contributed by atoms with Crippen molar-refractivity contribution in [1.82, 2.24) is 4.31 Å². The number of rotatable bonds is 3. The molecule has 1 fully saturated rings. The third kappa shape index (κ3) is 2.58. The first kappa shape index (κ1) is 12.6. The van der Waals surface area contributed by atoms with Crippen molar-refractivity contribution in [2.24, 2.45) is 0 Å². The van der Waals surface area contributed by atoms with Gasteiger partial charge in [-0.1, -0.05) is 6.42 Å². The van der Waals surface area contributed by atoms with E-state index in [-0.39, 0.29) is 5.78 Å². The second-order valence-corrected chi connectivity index (χ2v) is 6.77. The number of piperidine rings is 1. The lowest BCUT2D eigenvalue weighted by molar-refractivity contribution is -0.121. The molecular weight excluding hydrogens is 214 g/mol. The van der Waals surface area contributed by atoms with Gasteiger partial charge in [-0.3, -0.25) is 4.79 Å². The number of Topliss-reactive ketones (excluding diaryl/α,β-unsaturated/α-hetero) is 1. The highest BCUT2D eigenvalue weighted by atomic mass is 32.2. The molecule has 1 aliphatic heterocycles. The van der Waals surface area contributed by atoms with Crippen molar-refractivity contribution in [3.05, 3.63) is 0 Å². The number of sulfonamides is 1. The van der Waals surface area contributed by atoms with Crippen molar-refractivity contribution in [2.45, 2.75) is 51.3 Å². The predicted molar refractivity (Wildman–Crippen MR) is 59.1 cm³/mol. The summed E-state index contributed by atoms with van der Waals surface area (Å²) in [4.78, 5) is 11.4. The SMILES string of the molecule is CC(=O)C1CCCCN1S(=O)(=O)C(C)C. The molecule has 0 radical (unpaired) electrons. The topological polar surface area (TPSA) is 54.5 Å². The van der Waals surface area contributed by atoms with Crippen LogP contribution in [0.5, 0.6) is 0 Å². The van der Waals surface area contributed by atoms with Gasteiger partial charge in [0.1, 0.15) is 5.78 Å². The number of nitrogens with zero attached hydrogens (tertiary/aromatic N) is 1. The van der Waals surface area contributed by atoms with Crippen molar-refractivity contribution >= 4 is 15.8 Å². The standard InChI is InChI=1S/C10H19NO3S/c1-8(2)15(13,14)11-7-5-4-6-10(11)9(3)12/h8,10H,4-7H2,1-3H3. The van der Waals surface area contributed by atoms with Crippen LogP contribution in [-0.4, -0.2) is 36.3 Å². The van der Waals surface area contributed by atoms with Gasteiger partial charge in [0.05, 0.1) is 11.3 Å². The lowest BCUT2D eigenvalue weighted by Gasteiger charge is -2.34. The molecule has 0 bridgehead atoms. The minimum absolute atomic E-state index is 0.0427. The summed E-state index contributed by atoms with van der Waals surface area (Å²) in [5.74, 6) is -0.0427. The second kappa shape index (κ2) is 4.61. The van der Waals surface area contributed by atoms with Crippen LogP contribution >= 0.6 is 0 Å². The van der Waals surface area contributed by atoms with E-state index in [1.165, 1.54) is 11.2 Å². The first-order valence-corrected chi connectivity index (χ1v) is 6.89. The van der Waals surface area contributed by atoms with Crippen molar-refractivity contribution in [2.75, 3.05) is 6.54 Å². The van der Waals surface area contributed by atoms with Crippen LogP contribution < -0.4 is 0 Å². The molecule has 1 rings (SSSR count). The monoisotopic (exact) mass is 233 g/mol. The van der Waals surface area contributed by atoms with Gasteiger partial charge in [-0.15, -0.1) is 0 Å². The van der Waals surface area contributed by atoms with Crippen LogP contribution in [0.2, 0.25) is 0 Å². The molecule has 0 amide bonds. The number of ketones is 1. The fraction of sp³-hybridized carbons (Fsp3) is 0.900. The average molecular weight is 233 g/mol. The van der Waals surface area contributed by atoms with E-state index in [4.69, 9.17) is 0 Å². The molecule has 0 aromatic rings. The van der Waals surface area contributed by atoms with Crippen LogP contribution in [0.15, 0.2) is 0 Å². The lowest BCUT2D eigenvalue weighted by Crippen LogP contribution is -2.49. The van der Waals surface area contributed by atoms with E-state index < -0.39 is 21.3 Å². The van der Waals surface area contributed by atoms with Gasteiger partial charge in [0.15, 0.2) is 0 Å². The summed E-state index contributed by atoms with van der Waals surface area (Å²) in [5.41, 5.74) is 0. The number of hydrogen-bond donors (Lipinski definition) is 0. The Hall–Kier alpha value is -0.420. The van der Waals surface area contributed by atoms with Crippen LogP contribution in [0.4, 0.5) is 0 Å². The molecule has 0 spiro atoms. The van der Waals surface area contributed by atoms with Crippen molar-refractivity contribution < 1.29 is 13.2 Å². The molecule has 1 heterocycles. The van der Waals surface area contributed by atoms with Gasteiger partial charge in [-0.25, -0.2) is 8.42 Å². The van der Waals surface area contributed by atoms with E-state index in [2.05, 4.69) is 0 Å². The Morgan fingerprint density at radius 2 is 1.93 bits per heavy atom. The lowest BCUT2D eigenvalue weighted by atomic mass is 10.0. The maximum atomic E-state index is 12.0. The Morgan fingerprint density at radius 3 is 2.40 bits per heavy atom. The van der Waals surface area contributed by atoms with Crippen LogP contribution in [0.3, 0.4) is 0 Å². The first-order chi connectivity index (χ1) is 6.87. The molecule has 1 saturated heterocycles. The number of carbonyl (C=O) groups excluding carboxylic acids is 1. The van der Waals surface area contributed by atoms with Gasteiger partial charge < -0.3 is 0 Å². The molecule has 1 atom stereocenters. The van der Waals surface area contributed by atoms with Gasteiger partial charge >= 0.3 is 0 Å². The first-order valence-electron chi connectivity index (χ1n) is 5.38. The molecule has 88 valence electrons. The molecule has 0 saturated carbocycles. The maximum Gasteiger partial charge on any atom is 0.217 e. The molecule has 1 aliphatic rings. The van der Waals surface area contributed by atoms with Crippen molar-refractivity contribution in [1.29, 1.82) is 0 Å². The zero-order valence-electron chi connectivity index (χ0n) is 9.56. The zero-order chi connectivity index (χ0) is 11.6. The van der Waals surface area contributed by atoms with Crippen LogP contribution in [0.25, 0.3) is 0 Å². The quantitative estimate of drug-likeness (QED) is 0.735. The van der Waals surface area contributed by atoms with E-state index in [1.54, 1.807) is 13.8 Å². The maximum absolute atomic E-state index is 12.0. The Morgan fingerprint density at radius 1 is 1.33 bits per heavy atom. The van der Waals surface area contributed by atoms with Gasteiger partial charge in [0.2, 0.25) is 10.0 Å². The van der Waals surface area contributed by atoms with E-state index in [0.717, 1.165) is 12.8 Å². The molecule has 0 aromatic heterocycles. The summed E-state index contributed by atoms with van der Waals surface area (Å²) in [6.07, 6.45) is 2.46.